The fourth-order valence-electron chi connectivity index (χ4n) is 18.9. The molecule has 6 nitrogen and oxygen atoms in total. The third-order valence-electron chi connectivity index (χ3n) is 24.3. The second-order valence-corrected chi connectivity index (χ2v) is 33.0. The van der Waals surface area contributed by atoms with E-state index in [2.05, 4.69) is 376 Å². The number of fused-ring (bicyclic) bond motifs is 27. The van der Waals surface area contributed by atoms with Gasteiger partial charge in [0.25, 0.3) is 0 Å². The summed E-state index contributed by atoms with van der Waals surface area (Å²) >= 11 is 0. The first-order valence-electron chi connectivity index (χ1n) is 41.0. The molecule has 0 aliphatic rings. The zero-order valence-electron chi connectivity index (χ0n) is 67.1. The third-order valence-corrected chi connectivity index (χ3v) is 24.3. The van der Waals surface area contributed by atoms with Crippen molar-refractivity contribution in [2.75, 3.05) is 0 Å². The minimum Gasteiger partial charge on any atom is -0.455 e. The molecule has 0 aliphatic heterocycles. The summed E-state index contributed by atoms with van der Waals surface area (Å²) in [6, 6.07) is 125. The van der Waals surface area contributed by atoms with Crippen LogP contribution >= 0.6 is 0 Å². The summed E-state index contributed by atoms with van der Waals surface area (Å²) in [4.78, 5) is 16.2. The van der Waals surface area contributed by atoms with E-state index in [0.717, 1.165) is 150 Å². The Kier molecular flexibility index (Phi) is 16.6. The molecule has 24 aromatic rings. The van der Waals surface area contributed by atoms with E-state index in [-0.39, 0.29) is 5.41 Å². The van der Waals surface area contributed by atoms with Crippen LogP contribution in [-0.2, 0) is 5.41 Å². The summed E-state index contributed by atoms with van der Waals surface area (Å²) in [5, 5.41) is 25.3. The molecule has 0 unspecified atom stereocenters. The van der Waals surface area contributed by atoms with Crippen molar-refractivity contribution in [3.63, 3.8) is 0 Å². The van der Waals surface area contributed by atoms with Crippen LogP contribution in [0.2, 0.25) is 0 Å². The maximum atomic E-state index is 6.63. The maximum absolute atomic E-state index is 6.63. The molecule has 0 saturated heterocycles. The quantitative estimate of drug-likeness (QED) is 0.154. The number of pyridine rings is 3. The number of nitrogens with zero attached hydrogens (tertiary/aromatic N) is 3. The van der Waals surface area contributed by atoms with Crippen molar-refractivity contribution in [3.05, 3.63) is 380 Å². The molecular weight excluding hydrogens is 1450 g/mol. The van der Waals surface area contributed by atoms with Gasteiger partial charge in [0, 0.05) is 98.0 Å². The van der Waals surface area contributed by atoms with Crippen molar-refractivity contribution >= 4 is 163 Å². The van der Waals surface area contributed by atoms with Crippen LogP contribution in [0, 0.1) is 27.7 Å². The monoisotopic (exact) mass is 1530 g/mol. The van der Waals surface area contributed by atoms with Gasteiger partial charge in [0.1, 0.15) is 33.5 Å². The Morgan fingerprint density at radius 1 is 0.210 bits per heavy atom. The SMILES string of the molecule is CC(C)(C)c1cc2c3ccccc3c3ccccc3c2nc1-c1cccc(-c2cccc3c2oc2ccccc23)c1.Cc1cc(C)c2oc3c(-c4ccccc4-c4ccc5c6ccccc6c6ccccc6c5n4)cc(C)cc3c2c1.Cc1cc2c3ccccc3c3ccccc3c2nc1-c1cccc(-c2cccc3c2oc2ccccc23)c1. The Bertz CT molecular complexity index is 8320. The van der Waals surface area contributed by atoms with E-state index in [1.807, 2.05) is 24.3 Å². The standard InChI is InChI=1S/C39H29NO.C38H27NO.C36H23NO/c1-39(2,3)34-23-33-29-16-5-4-14-27(29)28-15-6-7-18-31(28)37(33)40-36(34)25-13-10-12-24(22-25)26-19-11-20-32-30-17-8-9-21-35(30)41-38(26)32;1-22-18-24(3)37-33(19-22)34-21-23(2)20-32(38(34)40-37)28-13-6-8-14-29(28)35-17-16-31-27-12-5-4-10-25(27)26-11-7-9-15-30(26)36(31)39-35;1-22-20-32-28-14-3-2-12-26(28)27-13-4-5-16-30(27)35(32)37-34(22)24-11-8-10-23(21-24)25-17-9-18-31-29-15-6-7-19-33(29)38-36(25)31/h4-23H,1-3H3;4-21H,1-3H3;2-21H,1H3. The van der Waals surface area contributed by atoms with Gasteiger partial charge in [0.05, 0.1) is 33.6 Å². The van der Waals surface area contributed by atoms with E-state index in [1.165, 1.54) is 108 Å². The number of aromatic nitrogens is 3. The van der Waals surface area contributed by atoms with Crippen LogP contribution in [0.4, 0.5) is 0 Å². The minimum absolute atomic E-state index is 0.0992. The first-order chi connectivity index (χ1) is 58.3. The van der Waals surface area contributed by atoms with Gasteiger partial charge in [-0.05, 0) is 193 Å². The summed E-state index contributed by atoms with van der Waals surface area (Å²) < 4.78 is 19.4. The molecule has 6 heterocycles. The molecule has 0 fully saturated rings. The van der Waals surface area contributed by atoms with E-state index in [4.69, 9.17) is 28.2 Å². The van der Waals surface area contributed by atoms with Gasteiger partial charge in [0.15, 0.2) is 0 Å². The van der Waals surface area contributed by atoms with Crippen LogP contribution in [0.3, 0.4) is 0 Å². The lowest BCUT2D eigenvalue weighted by Crippen LogP contribution is -2.14. The Hall–Kier alpha value is -14.9. The molecule has 0 N–H and O–H groups in total. The van der Waals surface area contributed by atoms with Crippen molar-refractivity contribution < 1.29 is 13.3 Å². The van der Waals surface area contributed by atoms with Gasteiger partial charge in [-0.25, -0.2) is 15.0 Å². The highest BCUT2D eigenvalue weighted by molar-refractivity contribution is 6.28. The average molecular weight is 1530 g/mol. The number of para-hydroxylation sites is 4. The number of benzene rings is 18. The van der Waals surface area contributed by atoms with Crippen molar-refractivity contribution in [2.24, 2.45) is 0 Å². The topological polar surface area (TPSA) is 78.1 Å². The van der Waals surface area contributed by atoms with Gasteiger partial charge >= 0.3 is 0 Å². The van der Waals surface area contributed by atoms with Crippen LogP contribution in [0.5, 0.6) is 0 Å². The molecule has 6 heteroatoms. The number of aryl methyl sites for hydroxylation is 4. The van der Waals surface area contributed by atoms with E-state index < -0.39 is 0 Å². The van der Waals surface area contributed by atoms with E-state index in [9.17, 15) is 0 Å². The lowest BCUT2D eigenvalue weighted by molar-refractivity contribution is 0.591. The predicted molar refractivity (Wildman–Crippen MR) is 502 cm³/mol. The summed E-state index contributed by atoms with van der Waals surface area (Å²) in [5.74, 6) is 0. The predicted octanol–water partition coefficient (Wildman–Crippen LogP) is 31.9. The zero-order valence-corrected chi connectivity index (χ0v) is 67.1. The molecule has 0 aliphatic carbocycles. The number of hydrogen-bond donors (Lipinski definition) is 0. The van der Waals surface area contributed by atoms with Gasteiger partial charge in [0.2, 0.25) is 0 Å². The van der Waals surface area contributed by atoms with Crippen molar-refractivity contribution in [2.45, 2.75) is 53.9 Å². The van der Waals surface area contributed by atoms with Gasteiger partial charge in [-0.1, -0.05) is 306 Å². The minimum atomic E-state index is -0.0992. The van der Waals surface area contributed by atoms with Gasteiger partial charge in [-0.3, -0.25) is 0 Å². The van der Waals surface area contributed by atoms with E-state index in [1.54, 1.807) is 0 Å². The Balaban J connectivity index is 0.000000107. The highest BCUT2D eigenvalue weighted by atomic mass is 16.3. The smallest absolute Gasteiger partial charge is 0.143 e. The number of hydrogen-bond acceptors (Lipinski definition) is 6. The van der Waals surface area contributed by atoms with Crippen LogP contribution in [0.15, 0.2) is 365 Å². The molecule has 24 rings (SSSR count). The van der Waals surface area contributed by atoms with Crippen molar-refractivity contribution in [1.29, 1.82) is 0 Å². The van der Waals surface area contributed by atoms with Crippen LogP contribution in [0.25, 0.3) is 230 Å². The van der Waals surface area contributed by atoms with Gasteiger partial charge < -0.3 is 13.3 Å². The van der Waals surface area contributed by atoms with Crippen LogP contribution in [0.1, 0.15) is 48.6 Å². The van der Waals surface area contributed by atoms with Crippen LogP contribution < -0.4 is 0 Å². The van der Waals surface area contributed by atoms with Crippen LogP contribution in [-0.4, -0.2) is 15.0 Å². The maximum Gasteiger partial charge on any atom is 0.143 e. The first-order valence-corrected chi connectivity index (χ1v) is 41.0. The second kappa shape index (κ2) is 28.0. The molecule has 0 radical (unpaired) electrons. The zero-order chi connectivity index (χ0) is 79.9. The molecule has 18 aromatic carbocycles. The summed E-state index contributed by atoms with van der Waals surface area (Å²) in [6.07, 6.45) is 0. The van der Waals surface area contributed by atoms with E-state index >= 15 is 0 Å². The molecule has 119 heavy (non-hydrogen) atoms. The van der Waals surface area contributed by atoms with E-state index in [0.29, 0.717) is 0 Å². The lowest BCUT2D eigenvalue weighted by Gasteiger charge is -2.24. The second-order valence-electron chi connectivity index (χ2n) is 33.0. The fraction of sp³-hybridized carbons (Fsp3) is 0.0708. The molecule has 0 saturated carbocycles. The number of furan rings is 3. The van der Waals surface area contributed by atoms with Gasteiger partial charge in [-0.2, -0.15) is 0 Å². The summed E-state index contributed by atoms with van der Waals surface area (Å²) in [5.41, 5.74) is 27.6. The Morgan fingerprint density at radius 2 is 0.563 bits per heavy atom. The molecule has 0 amide bonds. The highest BCUT2D eigenvalue weighted by Crippen LogP contribution is 2.48. The highest BCUT2D eigenvalue weighted by Gasteiger charge is 2.26. The molecule has 0 atom stereocenters. The Morgan fingerprint density at radius 3 is 1.07 bits per heavy atom. The third kappa shape index (κ3) is 11.8. The molecular formula is C113H79N3O3. The molecule has 6 aromatic heterocycles. The summed E-state index contributed by atoms with van der Waals surface area (Å²) in [7, 11) is 0. The fourth-order valence-corrected chi connectivity index (χ4v) is 18.9. The molecule has 564 valence electrons. The Labute approximate surface area is 687 Å². The molecule has 0 bridgehead atoms. The first kappa shape index (κ1) is 70.8. The molecule has 0 spiro atoms. The number of rotatable bonds is 6. The van der Waals surface area contributed by atoms with Crippen molar-refractivity contribution in [3.8, 4) is 67.2 Å². The average Bonchev–Trinajstić information content (AvgIpc) is 1.68. The van der Waals surface area contributed by atoms with Gasteiger partial charge in [-0.15, -0.1) is 0 Å². The summed E-state index contributed by atoms with van der Waals surface area (Å²) in [6.45, 7) is 15.4. The largest absolute Gasteiger partial charge is 0.455 e. The normalized spacial score (nSPS) is 12.0. The van der Waals surface area contributed by atoms with Crippen molar-refractivity contribution in [1.82, 2.24) is 15.0 Å². The lowest BCUT2D eigenvalue weighted by atomic mass is 9.82.